The van der Waals surface area contributed by atoms with Gasteiger partial charge in [-0.1, -0.05) is 30.3 Å². The molecule has 0 aliphatic heterocycles. The smallest absolute Gasteiger partial charge is 0.209 e. The molecule has 14 heteroatoms. The molecule has 0 amide bonds. The maximum Gasteiger partial charge on any atom is 0.209 e. The molecule has 11 nitrogen and oxygen atoms in total. The summed E-state index contributed by atoms with van der Waals surface area (Å²) in [5, 5.41) is 21.2. The van der Waals surface area contributed by atoms with Crippen LogP contribution in [0, 0.1) is 11.6 Å². The minimum Gasteiger partial charge on any atom is -0.369 e. The van der Waals surface area contributed by atoms with Crippen LogP contribution in [-0.2, 0) is 16.6 Å². The van der Waals surface area contributed by atoms with Gasteiger partial charge < -0.3 is 15.4 Å². The van der Waals surface area contributed by atoms with Crippen molar-refractivity contribution in [1.29, 1.82) is 0 Å². The van der Waals surface area contributed by atoms with Crippen LogP contribution in [0.25, 0.3) is 55.8 Å². The number of aliphatic hydroxyl groups is 1. The Morgan fingerprint density at radius 1 is 0.957 bits per heavy atom. The molecule has 1 atom stereocenters. The van der Waals surface area contributed by atoms with Crippen LogP contribution in [0.3, 0.4) is 0 Å². The fourth-order valence-corrected chi connectivity index (χ4v) is 5.79. The van der Waals surface area contributed by atoms with Gasteiger partial charge in [0, 0.05) is 41.0 Å². The highest BCUT2D eigenvalue weighted by Crippen LogP contribution is 2.35. The monoisotopic (exact) mass is 652 g/mol. The minimum atomic E-state index is -3.48. The van der Waals surface area contributed by atoms with E-state index in [0.29, 0.717) is 67.1 Å². The van der Waals surface area contributed by atoms with Crippen LogP contribution in [0.15, 0.2) is 91.4 Å². The molecule has 1 unspecified atom stereocenters. The first kappa shape index (κ1) is 30.1. The lowest BCUT2D eigenvalue weighted by Gasteiger charge is -2.15. The Hall–Kier alpha value is -5.57. The third-order valence-corrected chi connectivity index (χ3v) is 8.20. The number of H-pyrrole nitrogens is 2. The third kappa shape index (κ3) is 6.29. The number of aromatic amines is 2. The summed E-state index contributed by atoms with van der Waals surface area (Å²) in [5.41, 5.74) is 5.11. The molecule has 0 aliphatic rings. The van der Waals surface area contributed by atoms with E-state index in [1.165, 1.54) is 18.2 Å². The Kier molecular flexibility index (Phi) is 7.67. The number of anilines is 1. The fraction of sp³-hybridized carbons (Fsp3) is 0.0909. The van der Waals surface area contributed by atoms with Crippen LogP contribution >= 0.6 is 0 Å². The molecular formula is C33H26F2N8O3S. The summed E-state index contributed by atoms with van der Waals surface area (Å²) < 4.78 is 55.6. The van der Waals surface area contributed by atoms with Gasteiger partial charge in [0.2, 0.25) is 10.0 Å². The van der Waals surface area contributed by atoms with Gasteiger partial charge in [-0.15, -0.1) is 0 Å². The van der Waals surface area contributed by atoms with E-state index >= 15 is 4.39 Å². The predicted octanol–water partition coefficient (Wildman–Crippen LogP) is 5.66. The highest BCUT2D eigenvalue weighted by molar-refractivity contribution is 7.88. The van der Waals surface area contributed by atoms with E-state index in [0.717, 1.165) is 6.26 Å². The molecule has 7 aromatic rings. The van der Waals surface area contributed by atoms with E-state index in [-0.39, 0.29) is 12.1 Å². The molecule has 0 saturated heterocycles. The van der Waals surface area contributed by atoms with Gasteiger partial charge in [-0.05, 0) is 59.2 Å². The summed E-state index contributed by atoms with van der Waals surface area (Å²) in [5.74, 6) is -0.778. The molecule has 4 aromatic heterocycles. The normalized spacial score (nSPS) is 12.5. The van der Waals surface area contributed by atoms with Gasteiger partial charge in [-0.2, -0.15) is 5.10 Å². The standard InChI is InChI=1S/C33H26F2N8O3S/c1-47(45,46)38-15-18-9-21(11-23(34)10-18)25-7-8-37-31-29(25)40-32(41-31)30-26-13-20(14-27(35)28(26)42-43-30)22-12-24(17-36-16-22)39-33(44)19-5-3-2-4-6-19/h2-14,16-17,33,38-39,44H,15H2,1H3,(H,42,43)(H,37,40,41). The van der Waals surface area contributed by atoms with E-state index < -0.39 is 27.9 Å². The Labute approximate surface area is 266 Å². The van der Waals surface area contributed by atoms with Crippen LogP contribution in [0.2, 0.25) is 0 Å². The number of halogens is 2. The molecule has 47 heavy (non-hydrogen) atoms. The minimum absolute atomic E-state index is 0.0844. The molecule has 236 valence electrons. The van der Waals surface area contributed by atoms with E-state index in [9.17, 15) is 17.9 Å². The molecular weight excluding hydrogens is 626 g/mol. The zero-order valence-electron chi connectivity index (χ0n) is 24.7. The molecule has 0 spiro atoms. The number of aliphatic hydroxyl groups excluding tert-OH is 1. The number of hydrogen-bond acceptors (Lipinski definition) is 8. The summed E-state index contributed by atoms with van der Waals surface area (Å²) in [6, 6.07) is 19.9. The summed E-state index contributed by atoms with van der Waals surface area (Å²) >= 11 is 0. The fourth-order valence-electron chi connectivity index (χ4n) is 5.36. The highest BCUT2D eigenvalue weighted by atomic mass is 32.2. The van der Waals surface area contributed by atoms with Crippen LogP contribution < -0.4 is 10.0 Å². The SMILES string of the molecule is CS(=O)(=O)NCc1cc(F)cc(-c2ccnc3[nH]c(-c4n[nH]c5c(F)cc(-c6cncc(NC(O)c7ccccc7)c6)cc45)nc23)c1. The van der Waals surface area contributed by atoms with Crippen molar-refractivity contribution in [3.63, 3.8) is 0 Å². The van der Waals surface area contributed by atoms with Crippen molar-refractivity contribution in [2.24, 2.45) is 0 Å². The zero-order valence-corrected chi connectivity index (χ0v) is 25.5. The molecule has 5 N–H and O–H groups in total. The largest absolute Gasteiger partial charge is 0.369 e. The topological polar surface area (TPSA) is 162 Å². The molecule has 0 saturated carbocycles. The zero-order chi connectivity index (χ0) is 32.7. The first-order valence-electron chi connectivity index (χ1n) is 14.3. The van der Waals surface area contributed by atoms with Gasteiger partial charge in [0.05, 0.1) is 18.1 Å². The molecule has 0 bridgehead atoms. The number of imidazole rings is 1. The molecule has 0 aliphatic carbocycles. The number of sulfonamides is 1. The molecule has 3 aromatic carbocycles. The van der Waals surface area contributed by atoms with Gasteiger partial charge in [0.15, 0.2) is 17.7 Å². The highest BCUT2D eigenvalue weighted by Gasteiger charge is 2.19. The molecule has 0 fully saturated rings. The van der Waals surface area contributed by atoms with Crippen molar-refractivity contribution in [2.45, 2.75) is 12.8 Å². The molecule has 4 heterocycles. The van der Waals surface area contributed by atoms with Gasteiger partial charge in [-0.25, -0.2) is 31.9 Å². The maximum absolute atomic E-state index is 15.4. The quantitative estimate of drug-likeness (QED) is 0.125. The number of aromatic nitrogens is 6. The molecule has 7 rings (SSSR count). The van der Waals surface area contributed by atoms with Crippen LogP contribution in [0.1, 0.15) is 17.4 Å². The van der Waals surface area contributed by atoms with Crippen molar-refractivity contribution < 1.29 is 22.3 Å². The number of nitrogens with one attached hydrogen (secondary N) is 4. The number of nitrogens with zero attached hydrogens (tertiary/aromatic N) is 4. The van der Waals surface area contributed by atoms with Gasteiger partial charge in [0.25, 0.3) is 0 Å². The third-order valence-electron chi connectivity index (χ3n) is 7.53. The van der Waals surface area contributed by atoms with Crippen molar-refractivity contribution in [3.05, 3.63) is 114 Å². The van der Waals surface area contributed by atoms with E-state index in [1.807, 2.05) is 18.2 Å². The number of rotatable bonds is 9. The number of benzene rings is 3. The number of fused-ring (bicyclic) bond motifs is 2. The van der Waals surface area contributed by atoms with E-state index in [4.69, 9.17) is 4.98 Å². The predicted molar refractivity (Wildman–Crippen MR) is 174 cm³/mol. The second-order valence-electron chi connectivity index (χ2n) is 11.0. The Morgan fingerprint density at radius 2 is 1.79 bits per heavy atom. The Balaban J connectivity index is 1.25. The first-order chi connectivity index (χ1) is 22.6. The Morgan fingerprint density at radius 3 is 2.60 bits per heavy atom. The number of hydrogen-bond donors (Lipinski definition) is 5. The summed E-state index contributed by atoms with van der Waals surface area (Å²) in [6.45, 7) is -0.0844. The van der Waals surface area contributed by atoms with Crippen molar-refractivity contribution in [3.8, 4) is 33.8 Å². The summed E-state index contributed by atoms with van der Waals surface area (Å²) in [7, 11) is -3.48. The average Bonchev–Trinajstić information content (AvgIpc) is 3.68. The summed E-state index contributed by atoms with van der Waals surface area (Å²) in [4.78, 5) is 16.5. The second-order valence-corrected chi connectivity index (χ2v) is 12.8. The molecule has 0 radical (unpaired) electrons. The van der Waals surface area contributed by atoms with E-state index in [1.54, 1.807) is 55.0 Å². The number of pyridine rings is 2. The maximum atomic E-state index is 15.4. The second kappa shape index (κ2) is 12.0. The Bertz CT molecular complexity index is 2380. The summed E-state index contributed by atoms with van der Waals surface area (Å²) in [6.07, 6.45) is 4.76. The van der Waals surface area contributed by atoms with Crippen LogP contribution in [0.4, 0.5) is 14.5 Å². The van der Waals surface area contributed by atoms with Crippen LogP contribution in [0.5, 0.6) is 0 Å². The van der Waals surface area contributed by atoms with E-state index in [2.05, 4.69) is 35.2 Å². The first-order valence-corrected chi connectivity index (χ1v) is 16.2. The van der Waals surface area contributed by atoms with Crippen molar-refractivity contribution in [2.75, 3.05) is 11.6 Å². The van der Waals surface area contributed by atoms with Crippen LogP contribution in [-0.4, -0.2) is 49.9 Å². The lowest BCUT2D eigenvalue weighted by atomic mass is 10.0. The van der Waals surface area contributed by atoms with Gasteiger partial charge in [0.1, 0.15) is 28.4 Å². The lowest BCUT2D eigenvalue weighted by molar-refractivity contribution is 0.208. The lowest BCUT2D eigenvalue weighted by Crippen LogP contribution is -2.21. The van der Waals surface area contributed by atoms with Crippen molar-refractivity contribution >= 4 is 37.8 Å². The van der Waals surface area contributed by atoms with Gasteiger partial charge >= 0.3 is 0 Å². The van der Waals surface area contributed by atoms with Crippen molar-refractivity contribution in [1.82, 2.24) is 34.9 Å². The van der Waals surface area contributed by atoms with Gasteiger partial charge in [-0.3, -0.25) is 10.1 Å². The average molecular weight is 653 g/mol.